The fourth-order valence-corrected chi connectivity index (χ4v) is 3.78. The number of ether oxygens (including phenoxy) is 1. The van der Waals surface area contributed by atoms with Crippen molar-refractivity contribution in [3.8, 4) is 0 Å². The van der Waals surface area contributed by atoms with Crippen LogP contribution in [0.3, 0.4) is 0 Å². The maximum absolute atomic E-state index is 13.0. The average Bonchev–Trinajstić information content (AvgIpc) is 3.11. The lowest BCUT2D eigenvalue weighted by atomic mass is 10.1. The summed E-state index contributed by atoms with van der Waals surface area (Å²) >= 11 is 0. The number of carbonyl (C=O) groups is 4. The van der Waals surface area contributed by atoms with Gasteiger partial charge < -0.3 is 4.74 Å². The van der Waals surface area contributed by atoms with Gasteiger partial charge in [-0.15, -0.1) is 0 Å². The van der Waals surface area contributed by atoms with E-state index in [-0.39, 0.29) is 33.8 Å². The highest BCUT2D eigenvalue weighted by molar-refractivity contribution is 6.35. The number of Topliss-reactive ketones (excluding diaryl/α,β-unsaturated/α-hetero) is 1. The Kier molecular flexibility index (Phi) is 6.24. The minimum Gasteiger partial charge on any atom is -0.454 e. The van der Waals surface area contributed by atoms with Crippen LogP contribution in [-0.2, 0) is 11.2 Å². The lowest BCUT2D eigenvalue weighted by molar-refractivity contribution is -0.384. The van der Waals surface area contributed by atoms with Crippen LogP contribution in [0.15, 0.2) is 60.7 Å². The highest BCUT2D eigenvalue weighted by Crippen LogP contribution is 2.35. The molecule has 1 heterocycles. The number of benzene rings is 3. The van der Waals surface area contributed by atoms with Crippen molar-refractivity contribution in [2.75, 3.05) is 11.5 Å². The molecule has 0 unspecified atom stereocenters. The summed E-state index contributed by atoms with van der Waals surface area (Å²) in [7, 11) is 0. The molecule has 0 radical (unpaired) electrons. The summed E-state index contributed by atoms with van der Waals surface area (Å²) in [6, 6.07) is 14.9. The van der Waals surface area contributed by atoms with Gasteiger partial charge in [0.05, 0.1) is 21.6 Å². The number of carbonyl (C=O) groups excluding carboxylic acids is 4. The third kappa shape index (κ3) is 4.43. The van der Waals surface area contributed by atoms with Crippen molar-refractivity contribution in [3.05, 3.63) is 104 Å². The van der Waals surface area contributed by atoms with Crippen molar-refractivity contribution < 1.29 is 28.8 Å². The molecule has 4 rings (SSSR count). The zero-order valence-corrected chi connectivity index (χ0v) is 18.9. The van der Waals surface area contributed by atoms with Crippen molar-refractivity contribution >= 4 is 34.9 Å². The third-order valence-electron chi connectivity index (χ3n) is 5.71. The number of imide groups is 1. The molecular formula is C26H20N2O7. The number of amides is 2. The standard InChI is InChI=1S/C26H20N2O7/c1-3-16-5-7-17(8-6-16)23(29)14-35-26(32)18-9-10-19-20(13-18)25(31)27(24(19)30)21-11-4-15(2)12-22(21)28(33)34/h4-13H,3,14H2,1-2H3. The quantitative estimate of drug-likeness (QED) is 0.165. The van der Waals surface area contributed by atoms with Gasteiger partial charge >= 0.3 is 5.97 Å². The van der Waals surface area contributed by atoms with Gasteiger partial charge in [-0.3, -0.25) is 24.5 Å². The number of aryl methyl sites for hydroxylation is 2. The summed E-state index contributed by atoms with van der Waals surface area (Å²) in [5, 5.41) is 11.5. The number of ketones is 1. The fourth-order valence-electron chi connectivity index (χ4n) is 3.78. The van der Waals surface area contributed by atoms with Gasteiger partial charge in [-0.2, -0.15) is 0 Å². The Morgan fingerprint density at radius 2 is 1.57 bits per heavy atom. The molecule has 0 aliphatic carbocycles. The molecule has 0 fully saturated rings. The Morgan fingerprint density at radius 3 is 2.23 bits per heavy atom. The number of nitro benzene ring substituents is 1. The minimum absolute atomic E-state index is 0.00788. The SMILES string of the molecule is CCc1ccc(C(=O)COC(=O)c2ccc3c(c2)C(=O)N(c2ccc(C)cc2[N+](=O)[O-])C3=O)cc1. The van der Waals surface area contributed by atoms with Crippen LogP contribution in [0.1, 0.15) is 59.5 Å². The molecule has 2 amide bonds. The number of fused-ring (bicyclic) bond motifs is 1. The second-order valence-corrected chi connectivity index (χ2v) is 8.01. The lowest BCUT2D eigenvalue weighted by Gasteiger charge is -2.14. The first kappa shape index (κ1) is 23.5. The van der Waals surface area contributed by atoms with Crippen molar-refractivity contribution in [1.82, 2.24) is 0 Å². The van der Waals surface area contributed by atoms with E-state index in [9.17, 15) is 29.3 Å². The maximum Gasteiger partial charge on any atom is 0.338 e. The third-order valence-corrected chi connectivity index (χ3v) is 5.71. The van der Waals surface area contributed by atoms with Gasteiger partial charge in [-0.25, -0.2) is 9.69 Å². The van der Waals surface area contributed by atoms with Gasteiger partial charge in [0.25, 0.3) is 17.5 Å². The monoisotopic (exact) mass is 472 g/mol. The van der Waals surface area contributed by atoms with Crippen LogP contribution in [-0.4, -0.2) is 35.1 Å². The Labute approximate surface area is 200 Å². The number of nitro groups is 1. The van der Waals surface area contributed by atoms with Gasteiger partial charge in [0.1, 0.15) is 5.69 Å². The molecule has 0 aromatic heterocycles. The summed E-state index contributed by atoms with van der Waals surface area (Å²) in [4.78, 5) is 62.3. The first-order valence-electron chi connectivity index (χ1n) is 10.8. The van der Waals surface area contributed by atoms with Crippen LogP contribution in [0, 0.1) is 17.0 Å². The van der Waals surface area contributed by atoms with Crippen molar-refractivity contribution in [2.24, 2.45) is 0 Å². The molecule has 0 spiro atoms. The van der Waals surface area contributed by atoms with Crippen LogP contribution in [0.4, 0.5) is 11.4 Å². The molecule has 0 bridgehead atoms. The van der Waals surface area contributed by atoms with Gasteiger partial charge in [-0.1, -0.05) is 37.3 Å². The van der Waals surface area contributed by atoms with Crippen LogP contribution in [0.2, 0.25) is 0 Å². The van der Waals surface area contributed by atoms with E-state index in [1.165, 1.54) is 30.3 Å². The fraction of sp³-hybridized carbons (Fsp3) is 0.154. The zero-order valence-electron chi connectivity index (χ0n) is 18.9. The van der Waals surface area contributed by atoms with Gasteiger partial charge in [0.2, 0.25) is 0 Å². The molecule has 1 aliphatic rings. The zero-order chi connectivity index (χ0) is 25.3. The molecule has 9 nitrogen and oxygen atoms in total. The summed E-state index contributed by atoms with van der Waals surface area (Å²) in [6.45, 7) is 3.16. The molecule has 0 saturated heterocycles. The van der Waals surface area contributed by atoms with E-state index in [1.807, 2.05) is 19.1 Å². The Morgan fingerprint density at radius 1 is 0.914 bits per heavy atom. The average molecular weight is 472 g/mol. The molecule has 176 valence electrons. The van der Waals surface area contributed by atoms with Crippen LogP contribution in [0.5, 0.6) is 0 Å². The highest BCUT2D eigenvalue weighted by Gasteiger charge is 2.40. The van der Waals surface area contributed by atoms with E-state index < -0.39 is 29.3 Å². The summed E-state index contributed by atoms with van der Waals surface area (Å²) in [6.07, 6.45) is 0.831. The summed E-state index contributed by atoms with van der Waals surface area (Å²) in [5.41, 5.74) is 1.42. The van der Waals surface area contributed by atoms with Crippen LogP contribution >= 0.6 is 0 Å². The Balaban J connectivity index is 1.53. The smallest absolute Gasteiger partial charge is 0.338 e. The lowest BCUT2D eigenvalue weighted by Crippen LogP contribution is -2.30. The maximum atomic E-state index is 13.0. The minimum atomic E-state index is -0.841. The summed E-state index contributed by atoms with van der Waals surface area (Å²) in [5.74, 6) is -2.75. The normalized spacial score (nSPS) is 12.5. The van der Waals surface area contributed by atoms with E-state index in [2.05, 4.69) is 0 Å². The van der Waals surface area contributed by atoms with Gasteiger partial charge in [0.15, 0.2) is 12.4 Å². The summed E-state index contributed by atoms with van der Waals surface area (Å²) < 4.78 is 5.11. The van der Waals surface area contributed by atoms with E-state index in [0.717, 1.165) is 16.9 Å². The van der Waals surface area contributed by atoms with E-state index in [1.54, 1.807) is 25.1 Å². The van der Waals surface area contributed by atoms with Crippen LogP contribution < -0.4 is 4.90 Å². The molecular weight excluding hydrogens is 452 g/mol. The Hall–Kier alpha value is -4.66. The molecule has 3 aromatic rings. The molecule has 1 aliphatic heterocycles. The van der Waals surface area contributed by atoms with Crippen molar-refractivity contribution in [2.45, 2.75) is 20.3 Å². The van der Waals surface area contributed by atoms with E-state index in [4.69, 9.17) is 4.74 Å². The molecule has 3 aromatic carbocycles. The van der Waals surface area contributed by atoms with Crippen LogP contribution in [0.25, 0.3) is 0 Å². The van der Waals surface area contributed by atoms with Crippen molar-refractivity contribution in [1.29, 1.82) is 0 Å². The van der Waals surface area contributed by atoms with Crippen molar-refractivity contribution in [3.63, 3.8) is 0 Å². The Bertz CT molecular complexity index is 1390. The molecule has 0 N–H and O–H groups in total. The topological polar surface area (TPSA) is 124 Å². The molecule has 9 heteroatoms. The highest BCUT2D eigenvalue weighted by atomic mass is 16.6. The largest absolute Gasteiger partial charge is 0.454 e. The van der Waals surface area contributed by atoms with E-state index >= 15 is 0 Å². The number of hydrogen-bond acceptors (Lipinski definition) is 7. The number of rotatable bonds is 7. The first-order chi connectivity index (χ1) is 16.7. The predicted octanol–water partition coefficient (Wildman–Crippen LogP) is 4.31. The van der Waals surface area contributed by atoms with Gasteiger partial charge in [0, 0.05) is 11.6 Å². The van der Waals surface area contributed by atoms with E-state index in [0.29, 0.717) is 11.1 Å². The number of anilines is 1. The molecule has 0 atom stereocenters. The second-order valence-electron chi connectivity index (χ2n) is 8.01. The molecule has 0 saturated carbocycles. The number of nitrogens with zero attached hydrogens (tertiary/aromatic N) is 2. The predicted molar refractivity (Wildman–Crippen MR) is 126 cm³/mol. The number of hydrogen-bond donors (Lipinski definition) is 0. The van der Waals surface area contributed by atoms with Gasteiger partial charge in [-0.05, 0) is 48.7 Å². The first-order valence-corrected chi connectivity index (χ1v) is 10.8. The second kappa shape index (κ2) is 9.30. The number of esters is 1. The molecule has 35 heavy (non-hydrogen) atoms.